The molecule has 262 valence electrons. The smallest absolute Gasteiger partial charge is 0.347 e. The third-order valence-corrected chi connectivity index (χ3v) is 11.9. The predicted molar refractivity (Wildman–Crippen MR) is 212 cm³/mol. The lowest BCUT2D eigenvalue weighted by atomic mass is 9.81. The molecule has 0 radical (unpaired) electrons. The van der Waals surface area contributed by atoms with Crippen molar-refractivity contribution >= 4 is 50.8 Å². The number of urea groups is 1. The number of benzene rings is 4. The molecular weight excluding hydrogens is 645 g/mol. The first-order chi connectivity index (χ1) is 24.7. The minimum Gasteiger partial charge on any atom is -0.347 e. The first-order valence-corrected chi connectivity index (χ1v) is 18.0. The van der Waals surface area contributed by atoms with Crippen LogP contribution in [0.25, 0.3) is 21.5 Å². The monoisotopic (exact) mass is 689 g/mol. The summed E-state index contributed by atoms with van der Waals surface area (Å²) in [7, 11) is 7.19. The summed E-state index contributed by atoms with van der Waals surface area (Å²) >= 11 is 0. The van der Waals surface area contributed by atoms with Crippen molar-refractivity contribution in [3.63, 3.8) is 0 Å². The van der Waals surface area contributed by atoms with Gasteiger partial charge in [-0.15, -0.1) is 0 Å². The SMILES string of the molecule is CN1C(=O)C(=C2C(=C/C=C3/N(C)c4ccc5ccccc5c4C3(C)C)CC/C2=C\C=C2\N(C)c3ccc4ccccc4c3C2(C)C)C(=[OH+])N(C)C1=O. The molecule has 4 aliphatic rings. The maximum atomic E-state index is 13.9. The van der Waals surface area contributed by atoms with Gasteiger partial charge in [0, 0.05) is 67.4 Å². The van der Waals surface area contributed by atoms with E-state index in [1.165, 1.54) is 58.1 Å². The van der Waals surface area contributed by atoms with Crippen LogP contribution in [0.2, 0.25) is 0 Å². The zero-order chi connectivity index (χ0) is 36.9. The molecule has 0 unspecified atom stereocenters. The quantitative estimate of drug-likeness (QED) is 0.120. The summed E-state index contributed by atoms with van der Waals surface area (Å²) in [5.41, 5.74) is 9.39. The Labute approximate surface area is 305 Å². The molecule has 7 heteroatoms. The number of amides is 4. The summed E-state index contributed by atoms with van der Waals surface area (Å²) in [6.07, 6.45) is 9.94. The van der Waals surface area contributed by atoms with Crippen LogP contribution in [-0.2, 0) is 15.6 Å². The predicted octanol–water partition coefficient (Wildman–Crippen LogP) is 8.89. The minimum absolute atomic E-state index is 0.151. The maximum Gasteiger partial charge on any atom is 0.438 e. The fourth-order valence-electron chi connectivity index (χ4n) is 9.18. The second-order valence-electron chi connectivity index (χ2n) is 15.5. The molecule has 0 bridgehead atoms. The fraction of sp³-hybridized carbons (Fsp3) is 0.267. The van der Waals surface area contributed by atoms with Crippen molar-refractivity contribution in [2.45, 2.75) is 51.4 Å². The summed E-state index contributed by atoms with van der Waals surface area (Å²) in [5.74, 6) is -0.833. The molecule has 52 heavy (non-hydrogen) atoms. The van der Waals surface area contributed by atoms with Crippen molar-refractivity contribution in [3.05, 3.63) is 142 Å². The van der Waals surface area contributed by atoms with Gasteiger partial charge in [-0.2, -0.15) is 0 Å². The molecule has 0 aromatic heterocycles. The molecule has 1 saturated carbocycles. The highest BCUT2D eigenvalue weighted by molar-refractivity contribution is 6.30. The third kappa shape index (κ3) is 4.68. The summed E-state index contributed by atoms with van der Waals surface area (Å²) < 4.78 is 0. The van der Waals surface area contributed by atoms with Gasteiger partial charge in [0.15, 0.2) is 5.57 Å². The molecule has 0 atom stereocenters. The Bertz CT molecular complexity index is 2270. The van der Waals surface area contributed by atoms with E-state index in [2.05, 4.69) is 149 Å². The molecule has 1 N–H and O–H groups in total. The number of barbiturate groups is 1. The van der Waals surface area contributed by atoms with Crippen molar-refractivity contribution in [1.82, 2.24) is 9.80 Å². The van der Waals surface area contributed by atoms with Crippen molar-refractivity contribution in [2.24, 2.45) is 0 Å². The summed E-state index contributed by atoms with van der Waals surface area (Å²) in [6, 6.07) is 25.2. The van der Waals surface area contributed by atoms with E-state index in [0.29, 0.717) is 18.4 Å². The van der Waals surface area contributed by atoms with Crippen LogP contribution in [0.3, 0.4) is 0 Å². The minimum atomic E-state index is -0.566. The van der Waals surface area contributed by atoms with E-state index in [-0.39, 0.29) is 22.3 Å². The number of carbonyl (C=O) groups is 2. The largest absolute Gasteiger partial charge is 0.438 e. The molecule has 3 heterocycles. The number of hydrogen-bond donors (Lipinski definition) is 0. The maximum absolute atomic E-state index is 13.9. The average molecular weight is 690 g/mol. The summed E-state index contributed by atoms with van der Waals surface area (Å²) in [5, 5.41) is 4.91. The van der Waals surface area contributed by atoms with E-state index in [4.69, 9.17) is 0 Å². The zero-order valence-corrected chi connectivity index (χ0v) is 31.2. The standard InChI is InChI=1S/C45H44N4O3/c1-44(2)35(46(5)33-23-19-27-13-9-11-15-31(27)39(33)44)25-21-29-17-18-30(37(29)38-41(50)48(7)43(52)49(8)42(38)51)22-26-36-45(3,4)40-32-16-12-10-14-28(32)20-24-34(40)47(36)6/h9-16,19-26H,17-18H2,1-8H3/p+1/b29-21+,30-22?,35-25+,36-26+. The number of nitrogens with zero attached hydrogens (tertiary/aromatic N) is 4. The molecular formula is C45H45N4O3+. The van der Waals surface area contributed by atoms with Crippen LogP contribution in [0.1, 0.15) is 51.7 Å². The number of anilines is 2. The lowest BCUT2D eigenvalue weighted by Crippen LogP contribution is -2.53. The lowest BCUT2D eigenvalue weighted by molar-refractivity contribution is -0.123. The van der Waals surface area contributed by atoms with Crippen LogP contribution < -0.4 is 9.80 Å². The molecule has 8 rings (SSSR count). The normalized spacial score (nSPS) is 24.2. The van der Waals surface area contributed by atoms with Crippen molar-refractivity contribution in [1.29, 1.82) is 0 Å². The molecule has 1 saturated heterocycles. The Kier molecular flexibility index (Phi) is 7.51. The van der Waals surface area contributed by atoms with E-state index in [9.17, 15) is 14.4 Å². The number of likely N-dealkylation sites (N-methyl/N-ethyl adjacent to an activating group) is 4. The Morgan fingerprint density at radius 1 is 0.558 bits per heavy atom. The molecule has 4 aromatic carbocycles. The van der Waals surface area contributed by atoms with Gasteiger partial charge in [0.25, 0.3) is 5.91 Å². The second kappa shape index (κ2) is 11.7. The number of imide groups is 2. The van der Waals surface area contributed by atoms with Crippen LogP contribution in [0, 0.1) is 0 Å². The molecule has 1 aliphatic carbocycles. The van der Waals surface area contributed by atoms with Crippen molar-refractivity contribution in [3.8, 4) is 0 Å². The topological polar surface area (TPSA) is 68.5 Å². The van der Waals surface area contributed by atoms with Crippen molar-refractivity contribution < 1.29 is 14.4 Å². The molecule has 4 aromatic rings. The van der Waals surface area contributed by atoms with Gasteiger partial charge in [-0.25, -0.2) is 9.69 Å². The lowest BCUT2D eigenvalue weighted by Gasteiger charge is -2.27. The second-order valence-corrected chi connectivity index (χ2v) is 15.5. The van der Waals surface area contributed by atoms with Crippen LogP contribution in [-0.4, -0.2) is 60.6 Å². The van der Waals surface area contributed by atoms with E-state index in [1.54, 1.807) is 0 Å². The molecule has 4 amide bonds. The molecule has 7 nitrogen and oxygen atoms in total. The number of rotatable bonds is 2. The van der Waals surface area contributed by atoms with Gasteiger partial charge in [0.05, 0.1) is 0 Å². The van der Waals surface area contributed by atoms with E-state index >= 15 is 0 Å². The number of hydrogen-bond acceptors (Lipinski definition) is 4. The van der Waals surface area contributed by atoms with Crippen LogP contribution >= 0.6 is 0 Å². The fourth-order valence-corrected chi connectivity index (χ4v) is 9.18. The Hall–Kier alpha value is -5.69. The Morgan fingerprint density at radius 2 is 1.00 bits per heavy atom. The van der Waals surface area contributed by atoms with Crippen molar-refractivity contribution in [2.75, 3.05) is 38.0 Å². The van der Waals surface area contributed by atoms with Gasteiger partial charge in [-0.3, -0.25) is 14.5 Å². The van der Waals surface area contributed by atoms with Gasteiger partial charge in [-0.05, 0) is 80.9 Å². The zero-order valence-electron chi connectivity index (χ0n) is 31.2. The van der Waals surface area contributed by atoms with Crippen LogP contribution in [0.5, 0.6) is 0 Å². The van der Waals surface area contributed by atoms with Gasteiger partial charge in [-0.1, -0.05) is 101 Å². The number of carbonyl (C=O) groups excluding carboxylic acids is 3. The van der Waals surface area contributed by atoms with Crippen LogP contribution in [0.4, 0.5) is 16.2 Å². The third-order valence-electron chi connectivity index (χ3n) is 11.9. The first kappa shape index (κ1) is 33.5. The molecule has 0 spiro atoms. The average Bonchev–Trinajstić information content (AvgIpc) is 3.68. The van der Waals surface area contributed by atoms with Gasteiger partial charge in [0.2, 0.25) is 0 Å². The summed E-state index contributed by atoms with van der Waals surface area (Å²) in [6.45, 7) is 9.05. The number of fused-ring (bicyclic) bond motifs is 6. The highest BCUT2D eigenvalue weighted by Crippen LogP contribution is 2.52. The van der Waals surface area contributed by atoms with E-state index in [1.807, 2.05) is 0 Å². The summed E-state index contributed by atoms with van der Waals surface area (Å²) in [4.78, 5) is 44.9. The first-order valence-electron chi connectivity index (χ1n) is 18.0. The Morgan fingerprint density at radius 3 is 1.46 bits per heavy atom. The highest BCUT2D eigenvalue weighted by atomic mass is 16.2. The molecule has 2 fully saturated rings. The highest BCUT2D eigenvalue weighted by Gasteiger charge is 2.47. The Balaban J connectivity index is 1.26. The van der Waals surface area contributed by atoms with E-state index < -0.39 is 11.9 Å². The van der Waals surface area contributed by atoms with Gasteiger partial charge in [0.1, 0.15) is 0 Å². The number of allylic oxidation sites excluding steroid dienone is 9. The van der Waals surface area contributed by atoms with Gasteiger partial charge >= 0.3 is 11.9 Å². The molecule has 3 aliphatic heterocycles. The van der Waals surface area contributed by atoms with Gasteiger partial charge < -0.3 is 9.80 Å². The van der Waals surface area contributed by atoms with Crippen LogP contribution in [0.15, 0.2) is 131 Å². The van der Waals surface area contributed by atoms with E-state index in [0.717, 1.165) is 32.3 Å².